The van der Waals surface area contributed by atoms with Crippen molar-refractivity contribution in [1.29, 1.82) is 0 Å². The van der Waals surface area contributed by atoms with Crippen LogP contribution >= 0.6 is 11.6 Å². The Morgan fingerprint density at radius 1 is 0.976 bits per heavy atom. The molecule has 4 aromatic carbocycles. The van der Waals surface area contributed by atoms with E-state index in [-0.39, 0.29) is 12.0 Å². The van der Waals surface area contributed by atoms with E-state index in [4.69, 9.17) is 16.3 Å². The summed E-state index contributed by atoms with van der Waals surface area (Å²) in [6.07, 6.45) is 3.64. The van der Waals surface area contributed by atoms with Crippen molar-refractivity contribution >= 4 is 34.2 Å². The molecule has 218 valence electrons. The first-order valence-electron chi connectivity index (χ1n) is 14.2. The molecule has 1 aliphatic rings. The second-order valence-electron chi connectivity index (χ2n) is 10.8. The van der Waals surface area contributed by atoms with Crippen LogP contribution < -0.4 is 10.1 Å². The van der Waals surface area contributed by atoms with Crippen molar-refractivity contribution in [3.8, 4) is 16.9 Å². The first kappa shape index (κ1) is 29.5. The lowest BCUT2D eigenvalue weighted by molar-refractivity contribution is -0.139. The number of nitrogens with one attached hydrogen (secondary N) is 1. The number of aliphatic carboxylic acids is 1. The number of benzene rings is 4. The zero-order chi connectivity index (χ0) is 29.8. The zero-order valence-corrected chi connectivity index (χ0v) is 24.5. The van der Waals surface area contributed by atoms with E-state index in [1.165, 1.54) is 31.4 Å². The van der Waals surface area contributed by atoms with Gasteiger partial charge in [0.25, 0.3) is 5.91 Å². The van der Waals surface area contributed by atoms with Crippen molar-refractivity contribution < 1.29 is 23.8 Å². The number of aryl methyl sites for hydroxylation is 1. The predicted molar refractivity (Wildman–Crippen MR) is 164 cm³/mol. The Morgan fingerprint density at radius 2 is 1.69 bits per heavy atom. The third-order valence-corrected chi connectivity index (χ3v) is 8.31. The van der Waals surface area contributed by atoms with Crippen molar-refractivity contribution in [3.05, 3.63) is 99.8 Å². The number of carbonyl (C=O) groups is 2. The fraction of sp³-hybridized carbons (Fsp3) is 0.294. The lowest BCUT2D eigenvalue weighted by Gasteiger charge is -2.27. The van der Waals surface area contributed by atoms with E-state index in [1.54, 1.807) is 20.1 Å². The summed E-state index contributed by atoms with van der Waals surface area (Å²) >= 11 is 6.82. The average molecular weight is 589 g/mol. The highest BCUT2D eigenvalue weighted by Gasteiger charge is 2.25. The van der Waals surface area contributed by atoms with E-state index in [9.17, 15) is 19.1 Å². The minimum atomic E-state index is -1.27. The SMILES string of the molecule is COc1c(CN2CCCCC2)ccc(Cl)c1-c1cccc2c(C[C@H](NC(=O)c3c(C)cccc3F)C(=O)O)cccc12. The first-order valence-corrected chi connectivity index (χ1v) is 14.5. The number of nitrogens with zero attached hydrogens (tertiary/aromatic N) is 1. The molecule has 6 nitrogen and oxygen atoms in total. The summed E-state index contributed by atoms with van der Waals surface area (Å²) in [4.78, 5) is 27.6. The van der Waals surface area contributed by atoms with Crippen molar-refractivity contribution in [2.45, 2.75) is 45.2 Å². The van der Waals surface area contributed by atoms with E-state index in [0.29, 0.717) is 10.6 Å². The van der Waals surface area contributed by atoms with Crippen LogP contribution in [0.5, 0.6) is 5.75 Å². The molecule has 1 atom stereocenters. The first-order chi connectivity index (χ1) is 20.3. The molecule has 0 aliphatic carbocycles. The van der Waals surface area contributed by atoms with Crippen LogP contribution in [-0.4, -0.2) is 48.1 Å². The molecule has 4 aromatic rings. The largest absolute Gasteiger partial charge is 0.496 e. The number of carboxylic acid groups (broad SMARTS) is 1. The van der Waals surface area contributed by atoms with Gasteiger partial charge in [0.15, 0.2) is 0 Å². The second-order valence-corrected chi connectivity index (χ2v) is 11.2. The van der Waals surface area contributed by atoms with Gasteiger partial charge in [-0.15, -0.1) is 0 Å². The summed E-state index contributed by atoms with van der Waals surface area (Å²) in [5.74, 6) is -1.94. The molecular weight excluding hydrogens is 555 g/mol. The van der Waals surface area contributed by atoms with Crippen LogP contribution in [0.2, 0.25) is 5.02 Å². The fourth-order valence-corrected chi connectivity index (χ4v) is 6.16. The van der Waals surface area contributed by atoms with Crippen molar-refractivity contribution in [1.82, 2.24) is 10.2 Å². The Morgan fingerprint density at radius 3 is 2.40 bits per heavy atom. The van der Waals surface area contributed by atoms with Crippen LogP contribution in [0.4, 0.5) is 4.39 Å². The number of carbonyl (C=O) groups excluding carboxylic acids is 1. The van der Waals surface area contributed by atoms with Gasteiger partial charge in [0.1, 0.15) is 17.6 Å². The number of rotatable bonds is 9. The lowest BCUT2D eigenvalue weighted by atomic mass is 9.91. The van der Waals surface area contributed by atoms with Gasteiger partial charge >= 0.3 is 5.97 Å². The van der Waals surface area contributed by atoms with E-state index >= 15 is 0 Å². The number of methoxy groups -OCH3 is 1. The molecule has 1 aliphatic heterocycles. The number of hydrogen-bond acceptors (Lipinski definition) is 4. The van der Waals surface area contributed by atoms with Gasteiger partial charge in [-0.25, -0.2) is 9.18 Å². The van der Waals surface area contributed by atoms with Gasteiger partial charge in [0.05, 0.1) is 17.7 Å². The molecule has 42 heavy (non-hydrogen) atoms. The third-order valence-electron chi connectivity index (χ3n) is 7.99. The van der Waals surface area contributed by atoms with Gasteiger partial charge in [-0.05, 0) is 72.5 Å². The van der Waals surface area contributed by atoms with Crippen LogP contribution in [0.3, 0.4) is 0 Å². The summed E-state index contributed by atoms with van der Waals surface area (Å²) < 4.78 is 20.4. The molecule has 1 saturated heterocycles. The maximum Gasteiger partial charge on any atom is 0.326 e. The highest BCUT2D eigenvalue weighted by molar-refractivity contribution is 6.34. The molecule has 5 rings (SSSR count). The van der Waals surface area contributed by atoms with Gasteiger partial charge in [-0.2, -0.15) is 0 Å². The predicted octanol–water partition coefficient (Wildman–Crippen LogP) is 7.03. The lowest BCUT2D eigenvalue weighted by Crippen LogP contribution is -2.42. The molecule has 0 radical (unpaired) electrons. The number of carboxylic acids is 1. The molecule has 0 spiro atoms. The van der Waals surface area contributed by atoms with Gasteiger partial charge in [-0.1, -0.05) is 72.6 Å². The van der Waals surface area contributed by atoms with E-state index < -0.39 is 23.7 Å². The Bertz CT molecular complexity index is 1610. The molecule has 8 heteroatoms. The molecule has 0 bridgehead atoms. The molecule has 0 unspecified atom stereocenters. The number of likely N-dealkylation sites (tertiary alicyclic amines) is 1. The summed E-state index contributed by atoms with van der Waals surface area (Å²) in [6.45, 7) is 4.48. The van der Waals surface area contributed by atoms with Gasteiger partial charge in [0, 0.05) is 24.1 Å². The molecule has 2 N–H and O–H groups in total. The molecular formula is C34H34ClFN2O4. The van der Waals surface area contributed by atoms with Crippen LogP contribution in [-0.2, 0) is 17.8 Å². The topological polar surface area (TPSA) is 78.9 Å². The van der Waals surface area contributed by atoms with Gasteiger partial charge < -0.3 is 15.2 Å². The van der Waals surface area contributed by atoms with E-state index in [2.05, 4.69) is 10.2 Å². The number of ether oxygens (including phenoxy) is 1. The molecule has 0 saturated carbocycles. The highest BCUT2D eigenvalue weighted by atomic mass is 35.5. The molecule has 1 fully saturated rings. The van der Waals surface area contributed by atoms with Crippen molar-refractivity contribution in [3.63, 3.8) is 0 Å². The van der Waals surface area contributed by atoms with Crippen LogP contribution in [0, 0.1) is 12.7 Å². The summed E-state index contributed by atoms with van der Waals surface area (Å²) in [5, 5.41) is 14.8. The quantitative estimate of drug-likeness (QED) is 0.219. The molecule has 1 amide bonds. The Labute approximate surface area is 250 Å². The minimum Gasteiger partial charge on any atom is -0.496 e. The monoisotopic (exact) mass is 588 g/mol. The Balaban J connectivity index is 1.51. The van der Waals surface area contributed by atoms with E-state index in [1.807, 2.05) is 48.5 Å². The Hall–Kier alpha value is -3.94. The maximum atomic E-state index is 14.4. The standard InChI is InChI=1S/C34H34ClFN2O4/c1-21-9-6-14-28(36)30(21)33(39)37-29(34(40)41)19-22-10-7-12-25-24(22)11-8-13-26(25)31-27(35)16-15-23(32(31)42-2)20-38-17-4-3-5-18-38/h6-16,29H,3-5,17-20H2,1-2H3,(H,37,39)(H,40,41)/t29-/m0/s1. The maximum absolute atomic E-state index is 14.4. The van der Waals surface area contributed by atoms with Gasteiger partial charge in [-0.3, -0.25) is 9.69 Å². The average Bonchev–Trinajstić information content (AvgIpc) is 2.98. The van der Waals surface area contributed by atoms with Gasteiger partial charge in [0.2, 0.25) is 0 Å². The summed E-state index contributed by atoms with van der Waals surface area (Å²) in [7, 11) is 1.66. The van der Waals surface area contributed by atoms with Crippen LogP contribution in [0.1, 0.15) is 46.3 Å². The Kier molecular flexibility index (Phi) is 9.09. The summed E-state index contributed by atoms with van der Waals surface area (Å²) in [5.41, 5.74) is 3.72. The third kappa shape index (κ3) is 6.13. The number of fused-ring (bicyclic) bond motifs is 1. The fourth-order valence-electron chi connectivity index (χ4n) is 5.91. The smallest absolute Gasteiger partial charge is 0.326 e. The number of hydrogen-bond donors (Lipinski definition) is 2. The minimum absolute atomic E-state index is 0.00916. The molecule has 0 aromatic heterocycles. The van der Waals surface area contributed by atoms with Crippen molar-refractivity contribution in [2.24, 2.45) is 0 Å². The number of amides is 1. The van der Waals surface area contributed by atoms with Crippen LogP contribution in [0.25, 0.3) is 21.9 Å². The molecule has 1 heterocycles. The van der Waals surface area contributed by atoms with Crippen LogP contribution in [0.15, 0.2) is 66.7 Å². The highest BCUT2D eigenvalue weighted by Crippen LogP contribution is 2.43. The second kappa shape index (κ2) is 12.9. The number of halogens is 2. The van der Waals surface area contributed by atoms with Crippen molar-refractivity contribution in [2.75, 3.05) is 20.2 Å². The summed E-state index contributed by atoms with van der Waals surface area (Å²) in [6, 6.07) is 18.5. The number of piperidine rings is 1. The normalized spacial score (nSPS) is 14.5. The zero-order valence-electron chi connectivity index (χ0n) is 23.8. The van der Waals surface area contributed by atoms with E-state index in [0.717, 1.165) is 58.4 Å².